The largest absolute Gasteiger partial charge is 0.497 e. The van der Waals surface area contributed by atoms with Crippen LogP contribution in [-0.4, -0.2) is 28.0 Å². The van der Waals surface area contributed by atoms with Crippen LogP contribution in [0, 0.1) is 0 Å². The molecule has 5 nitrogen and oxygen atoms in total. The first-order valence-corrected chi connectivity index (χ1v) is 9.69. The Morgan fingerprint density at radius 1 is 1.22 bits per heavy atom. The molecule has 3 rings (SSSR count). The third kappa shape index (κ3) is 5.28. The van der Waals surface area contributed by atoms with Gasteiger partial charge in [0, 0.05) is 28.2 Å². The molecule has 1 unspecified atom stereocenters. The van der Waals surface area contributed by atoms with Crippen molar-refractivity contribution in [2.24, 2.45) is 0 Å². The molecule has 1 N–H and O–H groups in total. The van der Waals surface area contributed by atoms with Crippen LogP contribution >= 0.6 is 23.4 Å². The molecule has 0 radical (unpaired) electrons. The lowest BCUT2D eigenvalue weighted by molar-refractivity contribution is -0.120. The maximum Gasteiger partial charge on any atom is 0.233 e. The molecule has 1 amide bonds. The number of hydrogen-bond acceptors (Lipinski definition) is 4. The molecule has 1 aromatic heterocycles. The van der Waals surface area contributed by atoms with Gasteiger partial charge in [-0.15, -0.1) is 11.8 Å². The number of nitrogens with zero attached hydrogens (tertiary/aromatic N) is 2. The van der Waals surface area contributed by atoms with Crippen LogP contribution in [-0.2, 0) is 11.3 Å². The van der Waals surface area contributed by atoms with Crippen molar-refractivity contribution in [3.63, 3.8) is 0 Å². The molecule has 0 fully saturated rings. The quantitative estimate of drug-likeness (QED) is 0.598. The first kappa shape index (κ1) is 19.3. The van der Waals surface area contributed by atoms with Gasteiger partial charge in [0.05, 0.1) is 24.2 Å². The lowest BCUT2D eigenvalue weighted by Gasteiger charge is -2.11. The first-order chi connectivity index (χ1) is 13.0. The summed E-state index contributed by atoms with van der Waals surface area (Å²) in [5.74, 6) is 0.782. The van der Waals surface area contributed by atoms with Gasteiger partial charge in [0.15, 0.2) is 0 Å². The fourth-order valence-electron chi connectivity index (χ4n) is 2.43. The van der Waals surface area contributed by atoms with Gasteiger partial charge in [-0.25, -0.2) is 4.68 Å². The minimum absolute atomic E-state index is 0.0185. The monoisotopic (exact) mass is 401 g/mol. The summed E-state index contributed by atoms with van der Waals surface area (Å²) in [6, 6.07) is 15.1. The molecule has 3 aromatic rings. The van der Waals surface area contributed by atoms with Crippen LogP contribution in [0.25, 0.3) is 5.69 Å². The zero-order chi connectivity index (χ0) is 19.2. The molecule has 0 bridgehead atoms. The van der Waals surface area contributed by atoms with Crippen LogP contribution in [0.1, 0.15) is 12.5 Å². The van der Waals surface area contributed by atoms with Gasteiger partial charge in [-0.3, -0.25) is 4.79 Å². The number of carbonyl (C=O) groups excluding carboxylic acids is 1. The van der Waals surface area contributed by atoms with Gasteiger partial charge in [0.25, 0.3) is 0 Å². The van der Waals surface area contributed by atoms with E-state index < -0.39 is 0 Å². The summed E-state index contributed by atoms with van der Waals surface area (Å²) in [6.07, 6.45) is 3.64. The van der Waals surface area contributed by atoms with Gasteiger partial charge in [-0.2, -0.15) is 5.10 Å². The van der Waals surface area contributed by atoms with Gasteiger partial charge in [0.2, 0.25) is 5.91 Å². The Morgan fingerprint density at radius 2 is 1.93 bits per heavy atom. The van der Waals surface area contributed by atoms with E-state index >= 15 is 0 Å². The molecular formula is C20H20ClN3O2S. The highest BCUT2D eigenvalue weighted by atomic mass is 35.5. The molecule has 0 saturated heterocycles. The van der Waals surface area contributed by atoms with E-state index in [0.717, 1.165) is 21.9 Å². The number of carbonyl (C=O) groups is 1. The first-order valence-electron chi connectivity index (χ1n) is 8.43. The number of aromatic nitrogens is 2. The molecule has 0 aliphatic rings. The topological polar surface area (TPSA) is 56.1 Å². The highest BCUT2D eigenvalue weighted by Gasteiger charge is 2.14. The van der Waals surface area contributed by atoms with E-state index in [1.807, 2.05) is 61.7 Å². The Hall–Kier alpha value is -2.44. The highest BCUT2D eigenvalue weighted by Crippen LogP contribution is 2.25. The second kappa shape index (κ2) is 8.97. The SMILES string of the molecule is COc1ccc(SC(C)C(=O)NCc2cnn(-c3ccc(Cl)cc3)c2)cc1. The molecular weight excluding hydrogens is 382 g/mol. The molecule has 0 aliphatic heterocycles. The average molecular weight is 402 g/mol. The number of methoxy groups -OCH3 is 1. The molecule has 7 heteroatoms. The zero-order valence-electron chi connectivity index (χ0n) is 15.1. The van der Waals surface area contributed by atoms with Crippen molar-refractivity contribution in [3.8, 4) is 11.4 Å². The Bertz CT molecular complexity index is 894. The van der Waals surface area contributed by atoms with E-state index in [-0.39, 0.29) is 11.2 Å². The number of amides is 1. The van der Waals surface area contributed by atoms with Gasteiger partial charge in [-0.1, -0.05) is 11.6 Å². The smallest absolute Gasteiger partial charge is 0.233 e. The van der Waals surface area contributed by atoms with Gasteiger partial charge in [0.1, 0.15) is 5.75 Å². The number of rotatable bonds is 7. The maximum atomic E-state index is 12.4. The molecule has 1 heterocycles. The van der Waals surface area contributed by atoms with E-state index in [0.29, 0.717) is 11.6 Å². The maximum absolute atomic E-state index is 12.4. The second-order valence-electron chi connectivity index (χ2n) is 5.92. The van der Waals surface area contributed by atoms with Crippen LogP contribution in [0.3, 0.4) is 0 Å². The molecule has 0 spiro atoms. The lowest BCUT2D eigenvalue weighted by Crippen LogP contribution is -2.30. The normalized spacial score (nSPS) is 11.8. The number of ether oxygens (including phenoxy) is 1. The number of thioether (sulfide) groups is 1. The van der Waals surface area contributed by atoms with Crippen LogP contribution in [0.5, 0.6) is 5.75 Å². The van der Waals surface area contributed by atoms with E-state index in [1.165, 1.54) is 11.8 Å². The van der Waals surface area contributed by atoms with Crippen molar-refractivity contribution in [1.82, 2.24) is 15.1 Å². The molecule has 0 aliphatic carbocycles. The Kier molecular flexibility index (Phi) is 6.42. The van der Waals surface area contributed by atoms with Crippen LogP contribution in [0.4, 0.5) is 0 Å². The Morgan fingerprint density at radius 3 is 2.59 bits per heavy atom. The number of nitrogens with one attached hydrogen (secondary N) is 1. The van der Waals surface area contributed by atoms with Crippen molar-refractivity contribution in [3.05, 3.63) is 71.5 Å². The van der Waals surface area contributed by atoms with Crippen molar-refractivity contribution in [1.29, 1.82) is 0 Å². The second-order valence-corrected chi connectivity index (χ2v) is 7.77. The van der Waals surface area contributed by atoms with E-state index in [1.54, 1.807) is 18.0 Å². The molecule has 0 saturated carbocycles. The van der Waals surface area contributed by atoms with Crippen molar-refractivity contribution in [2.45, 2.75) is 23.6 Å². The molecule has 2 aromatic carbocycles. The van der Waals surface area contributed by atoms with Crippen molar-refractivity contribution >= 4 is 29.3 Å². The Balaban J connectivity index is 1.53. The number of hydrogen-bond donors (Lipinski definition) is 1. The summed E-state index contributed by atoms with van der Waals surface area (Å²) in [5.41, 5.74) is 1.85. The van der Waals surface area contributed by atoms with Gasteiger partial charge < -0.3 is 10.1 Å². The summed E-state index contributed by atoms with van der Waals surface area (Å²) in [6.45, 7) is 2.32. The minimum Gasteiger partial charge on any atom is -0.497 e. The fraction of sp³-hybridized carbons (Fsp3) is 0.200. The van der Waals surface area contributed by atoms with Gasteiger partial charge >= 0.3 is 0 Å². The van der Waals surface area contributed by atoms with Crippen molar-refractivity contribution < 1.29 is 9.53 Å². The summed E-state index contributed by atoms with van der Waals surface area (Å²) in [5, 5.41) is 7.76. The van der Waals surface area contributed by atoms with Crippen molar-refractivity contribution in [2.75, 3.05) is 7.11 Å². The third-order valence-electron chi connectivity index (χ3n) is 3.94. The van der Waals surface area contributed by atoms with Crippen LogP contribution < -0.4 is 10.1 Å². The predicted molar refractivity (Wildman–Crippen MR) is 109 cm³/mol. The summed E-state index contributed by atoms with van der Waals surface area (Å²) < 4.78 is 6.90. The zero-order valence-corrected chi connectivity index (χ0v) is 16.6. The van der Waals surface area contributed by atoms with E-state index in [9.17, 15) is 4.79 Å². The summed E-state index contributed by atoms with van der Waals surface area (Å²) in [7, 11) is 1.63. The highest BCUT2D eigenvalue weighted by molar-refractivity contribution is 8.00. The van der Waals surface area contributed by atoms with Crippen LogP contribution in [0.15, 0.2) is 65.8 Å². The lowest BCUT2D eigenvalue weighted by atomic mass is 10.3. The van der Waals surface area contributed by atoms with E-state index in [2.05, 4.69) is 10.4 Å². The average Bonchev–Trinajstić information content (AvgIpc) is 3.16. The third-order valence-corrected chi connectivity index (χ3v) is 5.30. The Labute approximate surface area is 167 Å². The van der Waals surface area contributed by atoms with E-state index in [4.69, 9.17) is 16.3 Å². The standard InChI is InChI=1S/C20H20ClN3O2S/c1-14(27-19-9-7-18(26-2)8-10-19)20(25)22-11-15-12-23-24(13-15)17-5-3-16(21)4-6-17/h3-10,12-14H,11H2,1-2H3,(H,22,25). The number of benzene rings is 2. The van der Waals surface area contributed by atoms with Gasteiger partial charge in [-0.05, 0) is 55.5 Å². The molecule has 140 valence electrons. The number of halogens is 1. The minimum atomic E-state index is -0.204. The summed E-state index contributed by atoms with van der Waals surface area (Å²) in [4.78, 5) is 13.4. The predicted octanol–water partition coefficient (Wildman–Crippen LogP) is 4.33. The molecule has 27 heavy (non-hydrogen) atoms. The van der Waals surface area contributed by atoms with Crippen LogP contribution in [0.2, 0.25) is 5.02 Å². The summed E-state index contributed by atoms with van der Waals surface area (Å²) >= 11 is 7.41. The molecule has 1 atom stereocenters. The fourth-order valence-corrected chi connectivity index (χ4v) is 3.45.